The van der Waals surface area contributed by atoms with Crippen molar-refractivity contribution in [2.75, 3.05) is 6.54 Å². The smallest absolute Gasteiger partial charge is 0.251 e. The highest BCUT2D eigenvalue weighted by Crippen LogP contribution is 2.19. The summed E-state index contributed by atoms with van der Waals surface area (Å²) in [5.41, 5.74) is 2.06. The van der Waals surface area contributed by atoms with Gasteiger partial charge in [0.05, 0.1) is 0 Å². The van der Waals surface area contributed by atoms with E-state index in [1.807, 2.05) is 0 Å². The van der Waals surface area contributed by atoms with Crippen LogP contribution < -0.4 is 5.32 Å². The van der Waals surface area contributed by atoms with E-state index in [2.05, 4.69) is 26.6 Å². The van der Waals surface area contributed by atoms with Crippen LogP contribution in [0.2, 0.25) is 0 Å². The first kappa shape index (κ1) is 14.4. The lowest BCUT2D eigenvalue weighted by molar-refractivity contribution is 0.0954. The molecule has 0 saturated carbocycles. The van der Waals surface area contributed by atoms with Gasteiger partial charge in [-0.1, -0.05) is 11.6 Å². The highest BCUT2D eigenvalue weighted by atomic mass is 16.1. The lowest BCUT2D eigenvalue weighted by Gasteiger charge is -2.13. The molecule has 0 aliphatic heterocycles. The number of pyridine rings is 1. The molecule has 0 saturated heterocycles. The summed E-state index contributed by atoms with van der Waals surface area (Å²) < 4.78 is 1.67. The van der Waals surface area contributed by atoms with E-state index in [4.69, 9.17) is 0 Å². The summed E-state index contributed by atoms with van der Waals surface area (Å²) in [5, 5.41) is 10.5. The van der Waals surface area contributed by atoms with Gasteiger partial charge in [-0.3, -0.25) is 9.36 Å². The summed E-state index contributed by atoms with van der Waals surface area (Å²) in [6.07, 6.45) is 12.9. The maximum Gasteiger partial charge on any atom is 0.251 e. The number of aromatic nitrogens is 4. The van der Waals surface area contributed by atoms with Crippen LogP contribution in [0.3, 0.4) is 0 Å². The molecule has 2 aromatic heterocycles. The lowest BCUT2D eigenvalue weighted by Crippen LogP contribution is -2.25. The van der Waals surface area contributed by atoms with E-state index in [1.165, 1.54) is 31.3 Å². The molecule has 0 atom stereocenters. The minimum atomic E-state index is -0.0758. The second-order valence-electron chi connectivity index (χ2n) is 5.39. The fourth-order valence-corrected chi connectivity index (χ4v) is 2.59. The average Bonchev–Trinajstić information content (AvgIpc) is 3.10. The normalized spacial score (nSPS) is 14.5. The van der Waals surface area contributed by atoms with Gasteiger partial charge in [0, 0.05) is 18.3 Å². The Morgan fingerprint density at radius 2 is 2.14 bits per heavy atom. The third-order valence-electron chi connectivity index (χ3n) is 3.81. The van der Waals surface area contributed by atoms with E-state index in [-0.39, 0.29) is 5.91 Å². The van der Waals surface area contributed by atoms with Crippen molar-refractivity contribution in [2.24, 2.45) is 0 Å². The zero-order valence-electron chi connectivity index (χ0n) is 12.4. The van der Waals surface area contributed by atoms with E-state index in [0.29, 0.717) is 17.9 Å². The van der Waals surface area contributed by atoms with E-state index in [0.717, 1.165) is 6.42 Å². The standard InChI is InChI=1S/C16H19N5O/c22-16(18-8-6-13-4-2-1-3-5-13)14-7-9-17-15(10-14)21-11-19-20-12-21/h4,7,9-12H,1-3,5-6,8H2,(H,18,22). The monoisotopic (exact) mass is 297 g/mol. The molecule has 0 aromatic carbocycles. The Kier molecular flexibility index (Phi) is 4.58. The van der Waals surface area contributed by atoms with Crippen molar-refractivity contribution in [1.82, 2.24) is 25.1 Å². The van der Waals surface area contributed by atoms with Crippen LogP contribution in [0.15, 0.2) is 42.6 Å². The van der Waals surface area contributed by atoms with E-state index < -0.39 is 0 Å². The number of carbonyl (C=O) groups excluding carboxylic acids is 1. The van der Waals surface area contributed by atoms with Crippen LogP contribution >= 0.6 is 0 Å². The molecule has 114 valence electrons. The van der Waals surface area contributed by atoms with Gasteiger partial charge in [-0.25, -0.2) is 4.98 Å². The molecular formula is C16H19N5O. The predicted octanol–water partition coefficient (Wildman–Crippen LogP) is 2.28. The van der Waals surface area contributed by atoms with Gasteiger partial charge in [0.15, 0.2) is 0 Å². The number of hydrogen-bond acceptors (Lipinski definition) is 4. The molecule has 22 heavy (non-hydrogen) atoms. The largest absolute Gasteiger partial charge is 0.352 e. The molecule has 0 fully saturated rings. The summed E-state index contributed by atoms with van der Waals surface area (Å²) in [5.74, 6) is 0.556. The number of carbonyl (C=O) groups is 1. The van der Waals surface area contributed by atoms with Crippen LogP contribution in [0.1, 0.15) is 42.5 Å². The van der Waals surface area contributed by atoms with Gasteiger partial charge < -0.3 is 5.32 Å². The third kappa shape index (κ3) is 3.58. The zero-order valence-corrected chi connectivity index (χ0v) is 12.4. The Labute approximate surface area is 129 Å². The molecule has 0 spiro atoms. The number of amides is 1. The predicted molar refractivity (Wildman–Crippen MR) is 82.7 cm³/mol. The second kappa shape index (κ2) is 6.98. The Bertz CT molecular complexity index is 663. The van der Waals surface area contributed by atoms with Crippen LogP contribution in [0, 0.1) is 0 Å². The number of rotatable bonds is 5. The van der Waals surface area contributed by atoms with Crippen molar-refractivity contribution >= 4 is 5.91 Å². The Morgan fingerprint density at radius 1 is 1.27 bits per heavy atom. The zero-order chi connectivity index (χ0) is 15.2. The van der Waals surface area contributed by atoms with E-state index in [1.54, 1.807) is 35.6 Å². The van der Waals surface area contributed by atoms with Crippen molar-refractivity contribution in [3.63, 3.8) is 0 Å². The average molecular weight is 297 g/mol. The molecule has 0 radical (unpaired) electrons. The van der Waals surface area contributed by atoms with Gasteiger partial charge in [-0.15, -0.1) is 10.2 Å². The molecule has 2 aromatic rings. The van der Waals surface area contributed by atoms with Gasteiger partial charge >= 0.3 is 0 Å². The van der Waals surface area contributed by atoms with Crippen molar-refractivity contribution < 1.29 is 4.79 Å². The molecule has 1 aliphatic carbocycles. The first-order valence-corrected chi connectivity index (χ1v) is 7.60. The molecular weight excluding hydrogens is 278 g/mol. The number of nitrogens with one attached hydrogen (secondary N) is 1. The van der Waals surface area contributed by atoms with Crippen molar-refractivity contribution in [2.45, 2.75) is 32.1 Å². The summed E-state index contributed by atoms with van der Waals surface area (Å²) in [7, 11) is 0. The Balaban J connectivity index is 1.58. The van der Waals surface area contributed by atoms with Gasteiger partial charge in [-0.2, -0.15) is 0 Å². The molecule has 1 amide bonds. The second-order valence-corrected chi connectivity index (χ2v) is 5.39. The minimum absolute atomic E-state index is 0.0758. The van der Waals surface area contributed by atoms with Crippen LogP contribution in [0.25, 0.3) is 5.82 Å². The van der Waals surface area contributed by atoms with Crippen molar-refractivity contribution in [3.8, 4) is 5.82 Å². The molecule has 0 bridgehead atoms. The maximum atomic E-state index is 12.2. The quantitative estimate of drug-likeness (QED) is 0.859. The molecule has 0 unspecified atom stereocenters. The van der Waals surface area contributed by atoms with Gasteiger partial charge in [-0.05, 0) is 44.2 Å². The Morgan fingerprint density at radius 3 is 2.91 bits per heavy atom. The third-order valence-corrected chi connectivity index (χ3v) is 3.81. The first-order valence-electron chi connectivity index (χ1n) is 7.60. The lowest BCUT2D eigenvalue weighted by atomic mass is 9.97. The fraction of sp³-hybridized carbons (Fsp3) is 0.375. The SMILES string of the molecule is O=C(NCCC1=CCCCC1)c1ccnc(-n2cnnc2)c1. The highest BCUT2D eigenvalue weighted by molar-refractivity contribution is 5.94. The van der Waals surface area contributed by atoms with Gasteiger partial charge in [0.2, 0.25) is 0 Å². The van der Waals surface area contributed by atoms with Crippen LogP contribution in [0.5, 0.6) is 0 Å². The summed E-state index contributed by atoms with van der Waals surface area (Å²) in [6, 6.07) is 3.45. The molecule has 2 heterocycles. The summed E-state index contributed by atoms with van der Waals surface area (Å²) in [4.78, 5) is 16.4. The van der Waals surface area contributed by atoms with E-state index in [9.17, 15) is 4.79 Å². The summed E-state index contributed by atoms with van der Waals surface area (Å²) in [6.45, 7) is 0.676. The minimum Gasteiger partial charge on any atom is -0.352 e. The van der Waals surface area contributed by atoms with Crippen LogP contribution in [-0.4, -0.2) is 32.2 Å². The number of hydrogen-bond donors (Lipinski definition) is 1. The van der Waals surface area contributed by atoms with Gasteiger partial charge in [0.25, 0.3) is 5.91 Å². The molecule has 1 N–H and O–H groups in total. The van der Waals surface area contributed by atoms with Crippen LogP contribution in [-0.2, 0) is 0 Å². The topological polar surface area (TPSA) is 72.7 Å². The number of allylic oxidation sites excluding steroid dienone is 1. The van der Waals surface area contributed by atoms with E-state index >= 15 is 0 Å². The van der Waals surface area contributed by atoms with Crippen molar-refractivity contribution in [3.05, 3.63) is 48.2 Å². The molecule has 6 heteroatoms. The molecule has 6 nitrogen and oxygen atoms in total. The van der Waals surface area contributed by atoms with Crippen LogP contribution in [0.4, 0.5) is 0 Å². The van der Waals surface area contributed by atoms with Crippen molar-refractivity contribution in [1.29, 1.82) is 0 Å². The maximum absolute atomic E-state index is 12.2. The highest BCUT2D eigenvalue weighted by Gasteiger charge is 2.09. The van der Waals surface area contributed by atoms with Gasteiger partial charge in [0.1, 0.15) is 18.5 Å². The fourth-order valence-electron chi connectivity index (χ4n) is 2.59. The Hall–Kier alpha value is -2.50. The number of nitrogens with zero attached hydrogens (tertiary/aromatic N) is 4. The summed E-state index contributed by atoms with van der Waals surface area (Å²) >= 11 is 0. The molecule has 1 aliphatic rings. The molecule has 3 rings (SSSR count). The first-order chi connectivity index (χ1) is 10.8.